The minimum atomic E-state index is -2.63. The second-order valence-electron chi connectivity index (χ2n) is 8.90. The van der Waals surface area contributed by atoms with Crippen LogP contribution in [0.15, 0.2) is 121 Å². The third kappa shape index (κ3) is 2.73. The van der Waals surface area contributed by atoms with Gasteiger partial charge in [-0.05, 0) is 44.1 Å². The molecule has 0 unspecified atom stereocenters. The molecule has 7 rings (SSSR count). The third-order valence-corrected chi connectivity index (χ3v) is 13.7. The molecule has 0 radical (unpaired) electrons. The maximum atomic E-state index is 6.77. The van der Waals surface area contributed by atoms with Crippen molar-refractivity contribution in [2.24, 2.45) is 0 Å². The molecule has 0 fully saturated rings. The molecule has 2 heterocycles. The standard InChI is InChI=1S/C30H22O2Si2/c1-2-11-21(12-3-1)33-25-16-10-20-29-30(25)32-24-15-6-9-19-28(24)34(29)26-17-7-4-13-22(26)31-23-14-5-8-18-27(23)34/h1-20H,33H2. The third-order valence-electron chi connectivity index (χ3n) is 7.04. The van der Waals surface area contributed by atoms with Crippen LogP contribution in [0.4, 0.5) is 0 Å². The van der Waals surface area contributed by atoms with Crippen molar-refractivity contribution in [3.8, 4) is 23.0 Å². The number of hydrogen-bond donors (Lipinski definition) is 0. The van der Waals surface area contributed by atoms with E-state index in [0.717, 1.165) is 23.0 Å². The number of para-hydroxylation sites is 4. The van der Waals surface area contributed by atoms with Crippen molar-refractivity contribution in [1.29, 1.82) is 0 Å². The van der Waals surface area contributed by atoms with Gasteiger partial charge in [-0.2, -0.15) is 0 Å². The van der Waals surface area contributed by atoms with Crippen LogP contribution in [0.1, 0.15) is 0 Å². The van der Waals surface area contributed by atoms with Crippen molar-refractivity contribution in [3.63, 3.8) is 0 Å². The van der Waals surface area contributed by atoms with Gasteiger partial charge >= 0.3 is 0 Å². The number of rotatable bonds is 2. The Morgan fingerprint density at radius 2 is 0.941 bits per heavy atom. The summed E-state index contributed by atoms with van der Waals surface area (Å²) in [7, 11) is -3.34. The Morgan fingerprint density at radius 3 is 1.56 bits per heavy atom. The van der Waals surface area contributed by atoms with E-state index in [4.69, 9.17) is 9.47 Å². The van der Waals surface area contributed by atoms with Gasteiger partial charge in [-0.25, -0.2) is 0 Å². The largest absolute Gasteiger partial charge is 0.458 e. The Kier molecular flexibility index (Phi) is 4.37. The maximum absolute atomic E-state index is 6.77. The quantitative estimate of drug-likeness (QED) is 0.361. The zero-order chi connectivity index (χ0) is 22.5. The fraction of sp³-hybridized carbons (Fsp3) is 0. The molecule has 0 amide bonds. The van der Waals surface area contributed by atoms with Crippen LogP contribution in [0, 0.1) is 0 Å². The molecule has 0 aromatic heterocycles. The van der Waals surface area contributed by atoms with Gasteiger partial charge in [-0.15, -0.1) is 0 Å². The highest BCUT2D eigenvalue weighted by molar-refractivity contribution is 7.21. The second-order valence-corrected chi connectivity index (χ2v) is 14.5. The molecule has 0 saturated heterocycles. The van der Waals surface area contributed by atoms with Gasteiger partial charge < -0.3 is 9.47 Å². The molecular formula is C30H22O2Si2. The molecule has 0 aliphatic carbocycles. The summed E-state index contributed by atoms with van der Waals surface area (Å²) in [5.41, 5.74) is 0. The molecule has 2 aliphatic heterocycles. The predicted octanol–water partition coefficient (Wildman–Crippen LogP) is 2.39. The van der Waals surface area contributed by atoms with Gasteiger partial charge in [0.1, 0.15) is 23.0 Å². The lowest BCUT2D eigenvalue weighted by molar-refractivity contribution is 0.483. The average Bonchev–Trinajstić information content (AvgIpc) is 2.90. The van der Waals surface area contributed by atoms with Crippen LogP contribution < -0.4 is 40.6 Å². The first-order valence-corrected chi connectivity index (χ1v) is 15.1. The molecule has 2 aliphatic rings. The normalized spacial score (nSPS) is 14.5. The van der Waals surface area contributed by atoms with Gasteiger partial charge in [0, 0.05) is 0 Å². The molecule has 1 spiro atoms. The summed E-state index contributed by atoms with van der Waals surface area (Å²) in [5.74, 6) is 3.96. The fourth-order valence-electron chi connectivity index (χ4n) is 5.65. The first-order chi connectivity index (χ1) is 16.9. The van der Waals surface area contributed by atoms with Crippen LogP contribution in [-0.2, 0) is 0 Å². The Labute approximate surface area is 202 Å². The molecule has 0 saturated carbocycles. The van der Waals surface area contributed by atoms with E-state index < -0.39 is 17.6 Å². The molecule has 34 heavy (non-hydrogen) atoms. The number of ether oxygens (including phenoxy) is 2. The molecule has 0 N–H and O–H groups in total. The zero-order valence-corrected chi connectivity index (χ0v) is 21.0. The minimum absolute atomic E-state index is 0.708. The van der Waals surface area contributed by atoms with E-state index in [-0.39, 0.29) is 0 Å². The van der Waals surface area contributed by atoms with Crippen molar-refractivity contribution in [2.45, 2.75) is 0 Å². The monoisotopic (exact) mass is 470 g/mol. The average molecular weight is 471 g/mol. The first-order valence-electron chi connectivity index (χ1n) is 11.7. The van der Waals surface area contributed by atoms with Crippen LogP contribution in [0.3, 0.4) is 0 Å². The van der Waals surface area contributed by atoms with E-state index in [1.54, 1.807) is 0 Å². The first kappa shape index (κ1) is 19.6. The van der Waals surface area contributed by atoms with Crippen LogP contribution >= 0.6 is 0 Å². The highest BCUT2D eigenvalue weighted by Crippen LogP contribution is 2.35. The lowest BCUT2D eigenvalue weighted by Crippen LogP contribution is -2.77. The van der Waals surface area contributed by atoms with E-state index >= 15 is 0 Å². The molecule has 0 bridgehead atoms. The SMILES string of the molecule is c1ccc([SiH2]c2cccc3c2Oc2ccccc2[Si]32c3ccccc3Oc3ccccc32)cc1. The molecule has 2 nitrogen and oxygen atoms in total. The van der Waals surface area contributed by atoms with E-state index in [1.807, 2.05) is 0 Å². The van der Waals surface area contributed by atoms with Gasteiger partial charge in [0.05, 0.1) is 9.52 Å². The Morgan fingerprint density at radius 1 is 0.441 bits per heavy atom. The molecule has 5 aromatic carbocycles. The molecule has 5 aromatic rings. The summed E-state index contributed by atoms with van der Waals surface area (Å²) in [6.07, 6.45) is 0. The highest BCUT2D eigenvalue weighted by Gasteiger charge is 2.53. The Hall–Kier alpha value is -3.87. The lowest BCUT2D eigenvalue weighted by atomic mass is 10.3. The van der Waals surface area contributed by atoms with Crippen molar-refractivity contribution < 1.29 is 9.47 Å². The van der Waals surface area contributed by atoms with Crippen LogP contribution in [0.25, 0.3) is 0 Å². The summed E-state index contributed by atoms with van der Waals surface area (Å²) >= 11 is 0. The van der Waals surface area contributed by atoms with Crippen molar-refractivity contribution in [3.05, 3.63) is 121 Å². The fourth-order valence-corrected chi connectivity index (χ4v) is 12.6. The lowest BCUT2D eigenvalue weighted by Gasteiger charge is -2.43. The molecule has 162 valence electrons. The highest BCUT2D eigenvalue weighted by atomic mass is 28.3. The van der Waals surface area contributed by atoms with E-state index in [9.17, 15) is 0 Å². The van der Waals surface area contributed by atoms with Gasteiger partial charge in [-0.3, -0.25) is 0 Å². The van der Waals surface area contributed by atoms with Crippen molar-refractivity contribution >= 4 is 48.7 Å². The van der Waals surface area contributed by atoms with Gasteiger partial charge in [0.2, 0.25) is 0 Å². The predicted molar refractivity (Wildman–Crippen MR) is 144 cm³/mol. The summed E-state index contributed by atoms with van der Waals surface area (Å²) < 4.78 is 13.2. The number of hydrogen-bond acceptors (Lipinski definition) is 2. The Balaban J connectivity index is 1.58. The van der Waals surface area contributed by atoms with Crippen LogP contribution in [0.2, 0.25) is 0 Å². The van der Waals surface area contributed by atoms with E-state index in [0.29, 0.717) is 0 Å². The summed E-state index contributed by atoms with van der Waals surface area (Å²) in [6.45, 7) is 0. The van der Waals surface area contributed by atoms with Crippen LogP contribution in [0.5, 0.6) is 23.0 Å². The van der Waals surface area contributed by atoms with Crippen LogP contribution in [-0.4, -0.2) is 17.6 Å². The summed E-state index contributed by atoms with van der Waals surface area (Å²) in [6, 6.07) is 43.5. The van der Waals surface area contributed by atoms with Gasteiger partial charge in [-0.1, -0.05) is 108 Å². The molecular weight excluding hydrogens is 449 g/mol. The number of fused-ring (bicyclic) bond motifs is 8. The maximum Gasteiger partial charge on any atom is 0.196 e. The number of benzene rings is 5. The summed E-state index contributed by atoms with van der Waals surface area (Å²) in [4.78, 5) is 0. The van der Waals surface area contributed by atoms with Gasteiger partial charge in [0.15, 0.2) is 8.07 Å². The van der Waals surface area contributed by atoms with E-state index in [2.05, 4.69) is 121 Å². The Bertz CT molecular complexity index is 1480. The molecule has 4 heteroatoms. The molecule has 0 atom stereocenters. The zero-order valence-electron chi connectivity index (χ0n) is 18.6. The second kappa shape index (κ2) is 7.59. The van der Waals surface area contributed by atoms with Crippen molar-refractivity contribution in [1.82, 2.24) is 0 Å². The minimum Gasteiger partial charge on any atom is -0.458 e. The van der Waals surface area contributed by atoms with Crippen molar-refractivity contribution in [2.75, 3.05) is 0 Å². The van der Waals surface area contributed by atoms with E-state index in [1.165, 1.54) is 31.1 Å². The van der Waals surface area contributed by atoms with Gasteiger partial charge in [0.25, 0.3) is 0 Å². The topological polar surface area (TPSA) is 18.5 Å². The smallest absolute Gasteiger partial charge is 0.196 e. The summed E-state index contributed by atoms with van der Waals surface area (Å²) in [5, 5.41) is 7.99.